The number of piperazine rings is 1. The number of amidine groups is 1. The van der Waals surface area contributed by atoms with Crippen LogP contribution in [0.5, 0.6) is 0 Å². The fourth-order valence-corrected chi connectivity index (χ4v) is 5.98. The molecule has 8 nitrogen and oxygen atoms in total. The minimum absolute atomic E-state index is 0.0626. The number of carbonyl (C=O) groups excluding carboxylic acids is 1. The van der Waals surface area contributed by atoms with Gasteiger partial charge in [0.2, 0.25) is 0 Å². The summed E-state index contributed by atoms with van der Waals surface area (Å²) >= 11 is 0. The van der Waals surface area contributed by atoms with Crippen LogP contribution in [0, 0.1) is 6.92 Å². The molecule has 0 aliphatic carbocycles. The van der Waals surface area contributed by atoms with Crippen LogP contribution in [0.1, 0.15) is 81.4 Å². The number of aryl methyl sites for hydroxylation is 2. The minimum atomic E-state index is -0.323. The molecular weight excluding hydrogens is 512 g/mol. The topological polar surface area (TPSA) is 73.3 Å². The zero-order chi connectivity index (χ0) is 29.5. The van der Waals surface area contributed by atoms with E-state index in [2.05, 4.69) is 76.1 Å². The number of aromatic nitrogens is 1. The van der Waals surface area contributed by atoms with Crippen LogP contribution >= 0.6 is 0 Å². The van der Waals surface area contributed by atoms with Gasteiger partial charge in [0.25, 0.3) is 0 Å². The number of nitrogens with one attached hydrogen (secondary N) is 1. The lowest BCUT2D eigenvalue weighted by molar-refractivity contribution is 0.0525. The van der Waals surface area contributed by atoms with Crippen molar-refractivity contribution in [3.05, 3.63) is 64.9 Å². The highest BCUT2D eigenvalue weighted by Gasteiger charge is 2.33. The lowest BCUT2D eigenvalue weighted by atomic mass is 10.0. The number of ether oxygens (including phenoxy) is 1. The highest BCUT2D eigenvalue weighted by atomic mass is 16.5. The smallest absolute Gasteiger partial charge is 0.339 e. The van der Waals surface area contributed by atoms with Gasteiger partial charge >= 0.3 is 5.97 Å². The van der Waals surface area contributed by atoms with E-state index in [0.717, 1.165) is 55.5 Å². The molecule has 5 rings (SSSR count). The predicted octanol–water partition coefficient (Wildman–Crippen LogP) is 5.48. The number of benzene rings is 1. The summed E-state index contributed by atoms with van der Waals surface area (Å²) in [4.78, 5) is 29.3. The number of anilines is 1. The lowest BCUT2D eigenvalue weighted by Gasteiger charge is -2.43. The summed E-state index contributed by atoms with van der Waals surface area (Å²) in [5.74, 6) is 1.65. The maximum atomic E-state index is 12.2. The first-order valence-electron chi connectivity index (χ1n) is 15.4. The Labute approximate surface area is 246 Å². The van der Waals surface area contributed by atoms with E-state index in [4.69, 9.17) is 9.73 Å². The van der Waals surface area contributed by atoms with E-state index in [1.165, 1.54) is 24.0 Å². The van der Waals surface area contributed by atoms with Crippen molar-refractivity contribution in [3.8, 4) is 0 Å². The first-order valence-corrected chi connectivity index (χ1v) is 15.4. The van der Waals surface area contributed by atoms with Gasteiger partial charge in [0.05, 0.1) is 12.2 Å². The molecular formula is C33H48N6O2. The fourth-order valence-electron chi connectivity index (χ4n) is 5.98. The zero-order valence-electron chi connectivity index (χ0n) is 26.0. The van der Waals surface area contributed by atoms with Crippen LogP contribution in [0.25, 0.3) is 5.70 Å². The van der Waals surface area contributed by atoms with Crippen molar-refractivity contribution in [2.45, 2.75) is 86.1 Å². The summed E-state index contributed by atoms with van der Waals surface area (Å²) in [6.07, 6.45) is 7.24. The standard InChI is InChI=1S/C31H42N6O2.C2H6/c1-6-24-11-8-12-25(17-24)27-18-28(34-31(33-27)37-13-9-10-22(37)4)36-15-14-35(20-23(36)5)29-21(3)16-26(19-32-29)30(38)39-7-2;1-2/h8,11-12,16-19,22-23,31,33H,6-7,9-10,13-15,20H2,1-5H3;1-2H3/t22?,23-,31?;/m1./s1. The number of pyridine rings is 1. The number of likely N-dealkylation sites (tertiary alicyclic amines) is 1. The average Bonchev–Trinajstić information content (AvgIpc) is 3.43. The largest absolute Gasteiger partial charge is 0.462 e. The molecule has 4 heterocycles. The number of hydrogen-bond acceptors (Lipinski definition) is 8. The molecule has 2 unspecified atom stereocenters. The van der Waals surface area contributed by atoms with Gasteiger partial charge in [0.1, 0.15) is 11.7 Å². The number of nitrogens with zero attached hydrogens (tertiary/aromatic N) is 5. The Morgan fingerprint density at radius 3 is 2.56 bits per heavy atom. The molecule has 8 heteroatoms. The average molecular weight is 561 g/mol. The second kappa shape index (κ2) is 14.0. The Balaban J connectivity index is 0.00000189. The van der Waals surface area contributed by atoms with Crippen LogP contribution in [-0.2, 0) is 11.2 Å². The third-order valence-electron chi connectivity index (χ3n) is 8.16. The SMILES string of the molecule is CC.CCOC(=O)c1cnc(N2CCN(C3=NC(N4CCCC4C)NC(c4cccc(CC)c4)=C3)[C@H](C)C2)c(C)c1. The Morgan fingerprint density at radius 2 is 1.90 bits per heavy atom. The molecule has 1 aromatic carbocycles. The molecule has 0 saturated carbocycles. The molecule has 3 aliphatic heterocycles. The van der Waals surface area contributed by atoms with Crippen molar-refractivity contribution in [3.63, 3.8) is 0 Å². The van der Waals surface area contributed by atoms with Crippen molar-refractivity contribution < 1.29 is 9.53 Å². The third-order valence-corrected chi connectivity index (χ3v) is 8.16. The van der Waals surface area contributed by atoms with Gasteiger partial charge in [0, 0.05) is 56.2 Å². The summed E-state index contributed by atoms with van der Waals surface area (Å²) < 4.78 is 5.15. The van der Waals surface area contributed by atoms with Gasteiger partial charge in [-0.2, -0.15) is 0 Å². The summed E-state index contributed by atoms with van der Waals surface area (Å²) in [6, 6.07) is 11.5. The van der Waals surface area contributed by atoms with Crippen molar-refractivity contribution in [2.24, 2.45) is 4.99 Å². The van der Waals surface area contributed by atoms with Crippen molar-refractivity contribution in [1.82, 2.24) is 20.1 Å². The molecule has 2 aromatic rings. The second-order valence-electron chi connectivity index (χ2n) is 10.9. The predicted molar refractivity (Wildman–Crippen MR) is 168 cm³/mol. The minimum Gasteiger partial charge on any atom is -0.462 e. The maximum absolute atomic E-state index is 12.2. The van der Waals surface area contributed by atoms with Gasteiger partial charge in [-0.05, 0) is 75.8 Å². The fraction of sp³-hybridized carbons (Fsp3) is 0.545. The van der Waals surface area contributed by atoms with E-state index < -0.39 is 0 Å². The Bertz CT molecular complexity index is 1260. The molecule has 0 bridgehead atoms. The molecule has 222 valence electrons. The summed E-state index contributed by atoms with van der Waals surface area (Å²) in [5.41, 5.74) is 5.18. The second-order valence-corrected chi connectivity index (χ2v) is 10.9. The van der Waals surface area contributed by atoms with Crippen LogP contribution in [0.15, 0.2) is 47.6 Å². The molecule has 2 saturated heterocycles. The molecule has 0 radical (unpaired) electrons. The van der Waals surface area contributed by atoms with Crippen LogP contribution in [0.3, 0.4) is 0 Å². The van der Waals surface area contributed by atoms with Crippen molar-refractivity contribution >= 4 is 23.3 Å². The Hall–Kier alpha value is -3.39. The van der Waals surface area contributed by atoms with E-state index >= 15 is 0 Å². The van der Waals surface area contributed by atoms with Crippen LogP contribution in [0.4, 0.5) is 5.82 Å². The highest BCUT2D eigenvalue weighted by molar-refractivity contribution is 6.00. The summed E-state index contributed by atoms with van der Waals surface area (Å²) in [5, 5.41) is 3.76. The van der Waals surface area contributed by atoms with E-state index in [-0.39, 0.29) is 18.3 Å². The Kier molecular flexibility index (Phi) is 10.4. The van der Waals surface area contributed by atoms with Crippen LogP contribution in [-0.4, -0.2) is 77.7 Å². The number of aliphatic imine (C=N–C) groups is 1. The normalized spacial score (nSPS) is 22.8. The van der Waals surface area contributed by atoms with Gasteiger partial charge < -0.3 is 19.9 Å². The Morgan fingerprint density at radius 1 is 1.10 bits per heavy atom. The van der Waals surface area contributed by atoms with Gasteiger partial charge in [0.15, 0.2) is 6.29 Å². The molecule has 1 aromatic heterocycles. The van der Waals surface area contributed by atoms with E-state index in [1.54, 1.807) is 6.20 Å². The molecule has 1 N–H and O–H groups in total. The lowest BCUT2D eigenvalue weighted by Crippen LogP contribution is -2.56. The van der Waals surface area contributed by atoms with Gasteiger partial charge in [-0.15, -0.1) is 0 Å². The summed E-state index contributed by atoms with van der Waals surface area (Å²) in [6.45, 7) is 18.5. The van der Waals surface area contributed by atoms with E-state index in [9.17, 15) is 4.79 Å². The molecule has 41 heavy (non-hydrogen) atoms. The van der Waals surface area contributed by atoms with Crippen molar-refractivity contribution in [1.29, 1.82) is 0 Å². The number of carbonyl (C=O) groups is 1. The van der Waals surface area contributed by atoms with Gasteiger partial charge in [-0.25, -0.2) is 14.8 Å². The van der Waals surface area contributed by atoms with Gasteiger partial charge in [-0.3, -0.25) is 4.90 Å². The quantitative estimate of drug-likeness (QED) is 0.469. The first kappa shape index (κ1) is 30.6. The third kappa shape index (κ3) is 6.92. The molecule has 3 aliphatic rings. The zero-order valence-corrected chi connectivity index (χ0v) is 26.0. The highest BCUT2D eigenvalue weighted by Crippen LogP contribution is 2.27. The number of hydrogen-bond donors (Lipinski definition) is 1. The molecule has 2 fully saturated rings. The van der Waals surface area contributed by atoms with Crippen LogP contribution < -0.4 is 10.2 Å². The van der Waals surface area contributed by atoms with Gasteiger partial charge in [-0.1, -0.05) is 39.0 Å². The van der Waals surface area contributed by atoms with E-state index in [1.807, 2.05) is 33.8 Å². The molecule has 3 atom stereocenters. The number of rotatable bonds is 6. The van der Waals surface area contributed by atoms with E-state index in [0.29, 0.717) is 18.2 Å². The monoisotopic (exact) mass is 560 g/mol. The maximum Gasteiger partial charge on any atom is 0.339 e. The van der Waals surface area contributed by atoms with Crippen molar-refractivity contribution in [2.75, 3.05) is 37.7 Å². The molecule has 0 amide bonds. The molecule has 0 spiro atoms. The van der Waals surface area contributed by atoms with Crippen LogP contribution in [0.2, 0.25) is 0 Å². The number of esters is 1. The summed E-state index contributed by atoms with van der Waals surface area (Å²) in [7, 11) is 0. The first-order chi connectivity index (χ1) is 19.9.